The molecular weight excluding hydrogens is 320 g/mol. The van der Waals surface area contributed by atoms with Crippen molar-refractivity contribution in [1.82, 2.24) is 0 Å². The van der Waals surface area contributed by atoms with E-state index < -0.39 is 5.97 Å². The van der Waals surface area contributed by atoms with Gasteiger partial charge >= 0.3 is 5.97 Å². The molecule has 0 fully saturated rings. The van der Waals surface area contributed by atoms with Gasteiger partial charge in [-0.15, -0.1) is 13.2 Å². The van der Waals surface area contributed by atoms with Crippen LogP contribution < -0.4 is 0 Å². The third-order valence-corrected chi connectivity index (χ3v) is 4.65. The zero-order valence-electron chi connectivity index (χ0n) is 17.7. The van der Waals surface area contributed by atoms with Crippen LogP contribution in [0.3, 0.4) is 0 Å². The van der Waals surface area contributed by atoms with E-state index in [0.717, 1.165) is 12.8 Å². The average molecular weight is 367 g/mol. The highest BCUT2D eigenvalue weighted by Gasteiger charge is 1.96. The van der Waals surface area contributed by atoms with Crippen molar-refractivity contribution in [2.75, 3.05) is 0 Å². The minimum atomic E-state index is -0.656. The predicted molar refractivity (Wildman–Crippen MR) is 117 cm³/mol. The van der Waals surface area contributed by atoms with Gasteiger partial charge in [-0.3, -0.25) is 4.79 Å². The van der Waals surface area contributed by atoms with E-state index in [4.69, 9.17) is 5.11 Å². The Balaban J connectivity index is 0. The van der Waals surface area contributed by atoms with E-state index in [-0.39, 0.29) is 0 Å². The molecule has 0 aromatic rings. The second-order valence-electron chi connectivity index (χ2n) is 7.14. The number of carbonyl (C=O) groups is 1. The van der Waals surface area contributed by atoms with E-state index in [1.165, 1.54) is 96.3 Å². The summed E-state index contributed by atoms with van der Waals surface area (Å²) >= 11 is 0. The number of carboxylic acid groups (broad SMARTS) is 1. The smallest absolute Gasteiger partial charge is 0.303 e. The van der Waals surface area contributed by atoms with Crippen LogP contribution >= 0.6 is 0 Å². The summed E-state index contributed by atoms with van der Waals surface area (Å²) in [5.41, 5.74) is 0. The van der Waals surface area contributed by atoms with Gasteiger partial charge < -0.3 is 5.11 Å². The maximum absolute atomic E-state index is 10.4. The molecule has 0 saturated heterocycles. The fourth-order valence-corrected chi connectivity index (χ4v) is 3.05. The molecule has 0 unspecified atom stereocenters. The van der Waals surface area contributed by atoms with Crippen LogP contribution in [-0.4, -0.2) is 11.1 Å². The van der Waals surface area contributed by atoms with Crippen molar-refractivity contribution in [2.45, 2.75) is 122 Å². The number of allylic oxidation sites excluding steroid dienone is 2. The van der Waals surface area contributed by atoms with Crippen molar-refractivity contribution in [1.29, 1.82) is 0 Å². The van der Waals surface area contributed by atoms with E-state index in [1.54, 1.807) is 0 Å². The molecule has 0 atom stereocenters. The lowest BCUT2D eigenvalue weighted by Gasteiger charge is -2.01. The lowest BCUT2D eigenvalue weighted by Crippen LogP contribution is -1.93. The van der Waals surface area contributed by atoms with Crippen LogP contribution in [0.5, 0.6) is 0 Å². The molecule has 0 aliphatic rings. The monoisotopic (exact) mass is 366 g/mol. The number of hydrogen-bond acceptors (Lipinski definition) is 1. The Morgan fingerprint density at radius 1 is 0.654 bits per heavy atom. The zero-order chi connectivity index (χ0) is 19.7. The molecule has 0 rings (SSSR count). The minimum Gasteiger partial charge on any atom is -0.481 e. The third kappa shape index (κ3) is 27.8. The number of hydrogen-bond donors (Lipinski definition) is 1. The van der Waals surface area contributed by atoms with Crippen LogP contribution in [0.1, 0.15) is 122 Å². The standard InChI is InChI=1S/C22H42O2.C2H4/c1-2-3-4-5-6-7-8-9-10-11-12-13-14-15-16-17-18-19-20-21-22(23)24;1-2/h9-10H,2-8,11-21H2,1H3,(H,23,24);1-2H2. The molecule has 2 nitrogen and oxygen atoms in total. The Morgan fingerprint density at radius 3 is 1.38 bits per heavy atom. The largest absolute Gasteiger partial charge is 0.481 e. The van der Waals surface area contributed by atoms with Gasteiger partial charge in [-0.05, 0) is 32.1 Å². The summed E-state index contributed by atoms with van der Waals surface area (Å²) in [5, 5.41) is 8.55. The van der Waals surface area contributed by atoms with Crippen molar-refractivity contribution in [2.24, 2.45) is 0 Å². The molecule has 0 saturated carbocycles. The first kappa shape index (κ1) is 27.2. The molecule has 0 aromatic heterocycles. The highest BCUT2D eigenvalue weighted by atomic mass is 16.4. The molecule has 0 bridgehead atoms. The highest BCUT2D eigenvalue weighted by molar-refractivity contribution is 5.66. The topological polar surface area (TPSA) is 37.3 Å². The molecule has 0 aliphatic carbocycles. The summed E-state index contributed by atoms with van der Waals surface area (Å²) in [6.45, 7) is 8.27. The van der Waals surface area contributed by atoms with Crippen molar-refractivity contribution in [3.05, 3.63) is 25.3 Å². The Morgan fingerprint density at radius 2 is 1.00 bits per heavy atom. The first-order valence-electron chi connectivity index (χ1n) is 11.1. The van der Waals surface area contributed by atoms with Crippen LogP contribution in [0.4, 0.5) is 0 Å². The summed E-state index contributed by atoms with van der Waals surface area (Å²) in [7, 11) is 0. The van der Waals surface area contributed by atoms with Gasteiger partial charge in [-0.2, -0.15) is 0 Å². The number of carboxylic acids is 1. The summed E-state index contributed by atoms with van der Waals surface area (Å²) < 4.78 is 0. The number of rotatable bonds is 19. The molecule has 1 N–H and O–H groups in total. The molecule has 0 heterocycles. The summed E-state index contributed by atoms with van der Waals surface area (Å²) in [6, 6.07) is 0. The fraction of sp³-hybridized carbons (Fsp3) is 0.792. The maximum atomic E-state index is 10.4. The van der Waals surface area contributed by atoms with Crippen molar-refractivity contribution in [3.63, 3.8) is 0 Å². The molecule has 0 aliphatic heterocycles. The van der Waals surface area contributed by atoms with Gasteiger partial charge in [0, 0.05) is 6.42 Å². The summed E-state index contributed by atoms with van der Waals surface area (Å²) in [6.07, 6.45) is 27.1. The van der Waals surface area contributed by atoms with Crippen LogP contribution in [0.2, 0.25) is 0 Å². The average Bonchev–Trinajstić information content (AvgIpc) is 2.65. The highest BCUT2D eigenvalue weighted by Crippen LogP contribution is 2.12. The summed E-state index contributed by atoms with van der Waals surface area (Å²) in [4.78, 5) is 10.4. The van der Waals surface area contributed by atoms with E-state index in [1.807, 2.05) is 0 Å². The Bertz CT molecular complexity index is 297. The van der Waals surface area contributed by atoms with E-state index in [9.17, 15) is 4.79 Å². The molecule has 2 heteroatoms. The van der Waals surface area contributed by atoms with Crippen molar-refractivity contribution >= 4 is 5.97 Å². The van der Waals surface area contributed by atoms with E-state index >= 15 is 0 Å². The van der Waals surface area contributed by atoms with Gasteiger partial charge in [0.25, 0.3) is 0 Å². The lowest BCUT2D eigenvalue weighted by atomic mass is 10.1. The normalized spacial score (nSPS) is 10.7. The van der Waals surface area contributed by atoms with Gasteiger partial charge in [-0.1, -0.05) is 96.1 Å². The first-order valence-corrected chi connectivity index (χ1v) is 11.1. The van der Waals surface area contributed by atoms with E-state index in [2.05, 4.69) is 32.2 Å². The molecule has 0 radical (unpaired) electrons. The Hall–Kier alpha value is -1.05. The first-order chi connectivity index (χ1) is 12.8. The molecule has 154 valence electrons. The second-order valence-corrected chi connectivity index (χ2v) is 7.14. The quantitative estimate of drug-likeness (QED) is 0.184. The lowest BCUT2D eigenvalue weighted by molar-refractivity contribution is -0.137. The van der Waals surface area contributed by atoms with E-state index in [0.29, 0.717) is 6.42 Å². The minimum absolute atomic E-state index is 0.340. The molecule has 26 heavy (non-hydrogen) atoms. The predicted octanol–water partition coefficient (Wildman–Crippen LogP) is 8.47. The molecule has 0 aromatic carbocycles. The molecule has 0 spiro atoms. The molecular formula is C24H46O2. The number of unbranched alkanes of at least 4 members (excludes halogenated alkanes) is 15. The van der Waals surface area contributed by atoms with Crippen LogP contribution in [-0.2, 0) is 4.79 Å². The van der Waals surface area contributed by atoms with Crippen molar-refractivity contribution < 1.29 is 9.90 Å². The second kappa shape index (κ2) is 26.2. The van der Waals surface area contributed by atoms with Crippen LogP contribution in [0, 0.1) is 0 Å². The zero-order valence-corrected chi connectivity index (χ0v) is 17.7. The Labute approximate surface area is 164 Å². The van der Waals surface area contributed by atoms with Gasteiger partial charge in [-0.25, -0.2) is 0 Å². The third-order valence-electron chi connectivity index (χ3n) is 4.65. The van der Waals surface area contributed by atoms with Crippen molar-refractivity contribution in [3.8, 4) is 0 Å². The maximum Gasteiger partial charge on any atom is 0.303 e. The van der Waals surface area contributed by atoms with Crippen LogP contribution in [0.25, 0.3) is 0 Å². The van der Waals surface area contributed by atoms with Gasteiger partial charge in [0.2, 0.25) is 0 Å². The van der Waals surface area contributed by atoms with Gasteiger partial charge in [0.05, 0.1) is 0 Å². The van der Waals surface area contributed by atoms with Gasteiger partial charge in [0.1, 0.15) is 0 Å². The van der Waals surface area contributed by atoms with Crippen LogP contribution in [0.15, 0.2) is 25.3 Å². The Kier molecular flexibility index (Phi) is 27.4. The summed E-state index contributed by atoms with van der Waals surface area (Å²) in [5.74, 6) is -0.656. The number of aliphatic carboxylic acids is 1. The van der Waals surface area contributed by atoms with Gasteiger partial charge in [0.15, 0.2) is 0 Å². The molecule has 0 amide bonds. The fourth-order valence-electron chi connectivity index (χ4n) is 3.05. The SMILES string of the molecule is C=C.CCCCCCCCC=CCCCCCCCCCCCC(=O)O.